The summed E-state index contributed by atoms with van der Waals surface area (Å²) in [5, 5.41) is 10.3. The van der Waals surface area contributed by atoms with E-state index in [4.69, 9.17) is 24.7 Å². The molecule has 7 rings (SSSR count). The topological polar surface area (TPSA) is 203 Å². The first kappa shape index (κ1) is 37.3. The summed E-state index contributed by atoms with van der Waals surface area (Å²) >= 11 is 3.43. The number of Topliss-reactive ketones (excluding diaryl/α,β-unsaturated/α-hetero) is 2. The zero-order chi connectivity index (χ0) is 39.4. The number of nitrogen functional groups attached to an aromatic ring is 1. The molecule has 0 radical (unpaired) electrons. The summed E-state index contributed by atoms with van der Waals surface area (Å²) in [7, 11) is 0. The van der Waals surface area contributed by atoms with Gasteiger partial charge in [-0.2, -0.15) is 5.26 Å². The lowest BCUT2D eigenvalue weighted by atomic mass is 9.86. The number of anilines is 1. The summed E-state index contributed by atoms with van der Waals surface area (Å²) in [5.41, 5.74) is 3.58. The minimum Gasteiger partial charge on any atom is -0.458 e. The molecule has 0 bridgehead atoms. The third-order valence-electron chi connectivity index (χ3n) is 9.04. The highest BCUT2D eigenvalue weighted by Gasteiger charge is 2.66. The highest BCUT2D eigenvalue weighted by atomic mass is 79.9. The van der Waals surface area contributed by atoms with E-state index in [2.05, 4.69) is 25.9 Å². The van der Waals surface area contributed by atoms with Gasteiger partial charge in [-0.05, 0) is 52.3 Å². The predicted octanol–water partition coefficient (Wildman–Crippen LogP) is 5.68. The van der Waals surface area contributed by atoms with E-state index in [1.54, 1.807) is 60.7 Å². The number of benzene rings is 4. The maximum absolute atomic E-state index is 15.0. The second kappa shape index (κ2) is 15.8. The van der Waals surface area contributed by atoms with Crippen molar-refractivity contribution in [1.82, 2.24) is 14.5 Å². The third-order valence-corrected chi connectivity index (χ3v) is 9.82. The van der Waals surface area contributed by atoms with Crippen LogP contribution in [0.2, 0.25) is 0 Å². The molecule has 1 fully saturated rings. The van der Waals surface area contributed by atoms with Gasteiger partial charge in [-0.25, -0.2) is 24.4 Å². The van der Waals surface area contributed by atoms with Gasteiger partial charge in [0, 0.05) is 5.56 Å². The molecule has 14 nitrogen and oxygen atoms in total. The van der Waals surface area contributed by atoms with Gasteiger partial charge in [0.1, 0.15) is 35.1 Å². The number of esters is 3. The number of hydrogen-bond donors (Lipinski definition) is 1. The highest BCUT2D eigenvalue weighted by molar-refractivity contribution is 9.10. The fourth-order valence-electron chi connectivity index (χ4n) is 6.34. The first-order valence-corrected chi connectivity index (χ1v) is 17.7. The van der Waals surface area contributed by atoms with Crippen molar-refractivity contribution in [1.29, 1.82) is 5.26 Å². The SMILES string of the molecule is N#Cc1c(Br)n([C@@H]2O[C@@](COC(=O)c3ccccc3)(C(=O)C(=O)c3ccccc3)[C@@H](OC(=O)c3ccccc3)[C@H]2OC(=O)c2ccccc2)c2ncnc(N)c12. The number of hydrogen-bond acceptors (Lipinski definition) is 13. The minimum absolute atomic E-state index is 0.0000104. The monoisotopic (exact) mass is 813 g/mol. The molecule has 1 aliphatic rings. The molecule has 1 aliphatic heterocycles. The number of fused-ring (bicyclic) bond motifs is 1. The van der Waals surface area contributed by atoms with Crippen molar-refractivity contribution in [3.8, 4) is 6.07 Å². The number of nitrogens with zero attached hydrogens (tertiary/aromatic N) is 4. The Morgan fingerprint density at radius 2 is 1.25 bits per heavy atom. The molecule has 0 amide bonds. The molecule has 2 aromatic heterocycles. The van der Waals surface area contributed by atoms with Crippen LogP contribution in [0, 0.1) is 11.3 Å². The van der Waals surface area contributed by atoms with Gasteiger partial charge in [-0.3, -0.25) is 14.2 Å². The van der Waals surface area contributed by atoms with Crippen molar-refractivity contribution in [3.63, 3.8) is 0 Å². The molecule has 4 aromatic carbocycles. The molecule has 1 saturated heterocycles. The molecule has 0 unspecified atom stereocenters. The van der Waals surface area contributed by atoms with Crippen molar-refractivity contribution in [3.05, 3.63) is 160 Å². The molecular weight excluding hydrogens is 786 g/mol. The summed E-state index contributed by atoms with van der Waals surface area (Å²) < 4.78 is 25.9. The number of ketones is 2. The predicted molar refractivity (Wildman–Crippen MR) is 201 cm³/mol. The van der Waals surface area contributed by atoms with E-state index >= 15 is 0 Å². The molecule has 6 aromatic rings. The maximum atomic E-state index is 15.0. The Kier molecular flexibility index (Phi) is 10.5. The molecular formula is C41H28BrN5O9. The molecule has 2 N–H and O–H groups in total. The van der Waals surface area contributed by atoms with E-state index in [0.717, 1.165) is 6.33 Å². The molecule has 3 heterocycles. The van der Waals surface area contributed by atoms with Crippen molar-refractivity contribution in [2.75, 3.05) is 12.3 Å². The number of ether oxygens (including phenoxy) is 4. The van der Waals surface area contributed by atoms with E-state index in [0.29, 0.717) is 0 Å². The van der Waals surface area contributed by atoms with E-state index in [-0.39, 0.29) is 49.3 Å². The van der Waals surface area contributed by atoms with Gasteiger partial charge in [0.2, 0.25) is 17.2 Å². The first-order chi connectivity index (χ1) is 27.1. The number of halogens is 1. The van der Waals surface area contributed by atoms with E-state index in [9.17, 15) is 29.2 Å². The Hall–Kier alpha value is -7.02. The number of aromatic nitrogens is 3. The van der Waals surface area contributed by atoms with Crippen LogP contribution in [0.5, 0.6) is 0 Å². The van der Waals surface area contributed by atoms with Gasteiger partial charge >= 0.3 is 17.9 Å². The first-order valence-electron chi connectivity index (χ1n) is 16.9. The Balaban J connectivity index is 1.47. The largest absolute Gasteiger partial charge is 0.458 e. The summed E-state index contributed by atoms with van der Waals surface area (Å²) in [6.45, 7) is -1.01. The summed E-state index contributed by atoms with van der Waals surface area (Å²) in [6.07, 6.45) is -4.39. The zero-order valence-corrected chi connectivity index (χ0v) is 30.6. The molecule has 4 atom stereocenters. The van der Waals surface area contributed by atoms with Crippen molar-refractivity contribution < 1.29 is 42.9 Å². The molecule has 0 spiro atoms. The average Bonchev–Trinajstić information content (AvgIpc) is 3.70. The maximum Gasteiger partial charge on any atom is 0.338 e. The lowest BCUT2D eigenvalue weighted by Crippen LogP contribution is -2.58. The Morgan fingerprint density at radius 1 is 0.750 bits per heavy atom. The molecule has 15 heteroatoms. The summed E-state index contributed by atoms with van der Waals surface area (Å²) in [5.74, 6) is -5.35. The van der Waals surface area contributed by atoms with Crippen molar-refractivity contribution in [2.45, 2.75) is 24.0 Å². The van der Waals surface area contributed by atoms with Crippen LogP contribution in [0.4, 0.5) is 5.82 Å². The molecule has 0 aliphatic carbocycles. The van der Waals surface area contributed by atoms with Gasteiger partial charge < -0.3 is 24.7 Å². The van der Waals surface area contributed by atoms with Crippen molar-refractivity contribution >= 4 is 62.3 Å². The second-order valence-electron chi connectivity index (χ2n) is 12.4. The molecule has 0 saturated carbocycles. The Morgan fingerprint density at radius 3 is 1.79 bits per heavy atom. The highest BCUT2D eigenvalue weighted by Crippen LogP contribution is 2.47. The number of nitrogens with two attached hydrogens (primary N) is 1. The fourth-order valence-corrected chi connectivity index (χ4v) is 7.00. The molecule has 278 valence electrons. The summed E-state index contributed by atoms with van der Waals surface area (Å²) in [6, 6.07) is 32.9. The van der Waals surface area contributed by atoms with Gasteiger partial charge in [0.25, 0.3) is 0 Å². The smallest absolute Gasteiger partial charge is 0.338 e. The fraction of sp³-hybridized carbons (Fsp3) is 0.122. The van der Waals surface area contributed by atoms with Crippen LogP contribution >= 0.6 is 15.9 Å². The molecule has 56 heavy (non-hydrogen) atoms. The van der Waals surface area contributed by atoms with Gasteiger partial charge in [-0.1, -0.05) is 84.9 Å². The van der Waals surface area contributed by atoms with Gasteiger partial charge in [0.05, 0.1) is 27.6 Å². The Labute approximate surface area is 326 Å². The number of carbonyl (C=O) groups excluding carboxylic acids is 5. The number of rotatable bonds is 11. The van der Waals surface area contributed by atoms with Crippen LogP contribution in [0.15, 0.2) is 132 Å². The lowest BCUT2D eigenvalue weighted by molar-refractivity contribution is -0.160. The normalized spacial score (nSPS) is 18.8. The van der Waals surface area contributed by atoms with E-state index < -0.39 is 60.1 Å². The summed E-state index contributed by atoms with van der Waals surface area (Å²) in [4.78, 5) is 79.0. The van der Waals surface area contributed by atoms with Crippen LogP contribution in [-0.2, 0) is 23.7 Å². The quantitative estimate of drug-likeness (QED) is 0.0726. The van der Waals surface area contributed by atoms with Crippen LogP contribution in [0.3, 0.4) is 0 Å². The lowest BCUT2D eigenvalue weighted by Gasteiger charge is -2.32. The van der Waals surface area contributed by atoms with E-state index in [1.807, 2.05) is 6.07 Å². The zero-order valence-electron chi connectivity index (χ0n) is 29.0. The second-order valence-corrected chi connectivity index (χ2v) is 13.1. The van der Waals surface area contributed by atoms with E-state index in [1.165, 1.54) is 65.2 Å². The third kappa shape index (κ3) is 6.90. The van der Waals surface area contributed by atoms with Gasteiger partial charge in [0.15, 0.2) is 18.4 Å². The average molecular weight is 815 g/mol. The van der Waals surface area contributed by atoms with Crippen LogP contribution in [0.1, 0.15) is 53.2 Å². The van der Waals surface area contributed by atoms with Crippen molar-refractivity contribution in [2.24, 2.45) is 0 Å². The van der Waals surface area contributed by atoms with Crippen LogP contribution in [0.25, 0.3) is 11.0 Å². The van der Waals surface area contributed by atoms with Crippen LogP contribution in [-0.4, -0.2) is 68.4 Å². The number of nitriles is 1. The van der Waals surface area contributed by atoms with Gasteiger partial charge in [-0.15, -0.1) is 0 Å². The number of carbonyl (C=O) groups is 5. The standard InChI is InChI=1S/C41H28BrN5O9/c42-34-28(21-43)29-35(44)45-23-46-36(29)47(34)37-31(54-39(51)26-17-9-3-10-18-26)33(55-40(52)27-19-11-4-12-20-27)41(56-37,22-53-38(50)25-15-7-2-8-16-25)32(49)30(48)24-13-5-1-6-14-24/h1-20,23,31,33,37H,22H2,(H2,44,45,46)/t31-,33+,37-,41+/m1/s1. The minimum atomic E-state index is -2.70. The Bertz CT molecular complexity index is 2510. The van der Waals surface area contributed by atoms with Crippen LogP contribution < -0.4 is 5.73 Å².